The Bertz CT molecular complexity index is 481. The van der Waals surface area contributed by atoms with Gasteiger partial charge in [-0.25, -0.2) is 0 Å². The highest BCUT2D eigenvalue weighted by atomic mass is 79.9. The van der Waals surface area contributed by atoms with Crippen molar-refractivity contribution in [2.75, 3.05) is 0 Å². The van der Waals surface area contributed by atoms with Gasteiger partial charge < -0.3 is 5.11 Å². The third kappa shape index (κ3) is 3.97. The van der Waals surface area contributed by atoms with Crippen LogP contribution in [0.2, 0.25) is 0 Å². The number of halogens is 1. The van der Waals surface area contributed by atoms with Crippen LogP contribution in [-0.4, -0.2) is 11.2 Å². The Labute approximate surface area is 117 Å². The first-order valence-corrected chi connectivity index (χ1v) is 7.00. The number of hydrogen-bond donors (Lipinski definition) is 1. The van der Waals surface area contributed by atoms with Crippen molar-refractivity contribution in [1.29, 1.82) is 0 Å². The van der Waals surface area contributed by atoms with Crippen LogP contribution >= 0.6 is 15.9 Å². The monoisotopic (exact) mass is 304 g/mol. The van der Waals surface area contributed by atoms with Crippen molar-refractivity contribution in [2.45, 2.75) is 25.4 Å². The van der Waals surface area contributed by atoms with Gasteiger partial charge in [0.25, 0.3) is 0 Å². The van der Waals surface area contributed by atoms with Crippen molar-refractivity contribution in [2.24, 2.45) is 0 Å². The summed E-state index contributed by atoms with van der Waals surface area (Å²) in [5, 5.41) is 10.0. The third-order valence-corrected chi connectivity index (χ3v) is 3.79. The lowest BCUT2D eigenvalue weighted by atomic mass is 10.0. The molecule has 0 bridgehead atoms. The highest BCUT2D eigenvalue weighted by molar-refractivity contribution is 9.10. The molecule has 2 rings (SSSR count). The molecular weight excluding hydrogens is 288 g/mol. The molecular formula is C16H17BrO. The van der Waals surface area contributed by atoms with E-state index in [4.69, 9.17) is 0 Å². The summed E-state index contributed by atoms with van der Waals surface area (Å²) >= 11 is 3.53. The zero-order chi connectivity index (χ0) is 12.8. The molecule has 0 radical (unpaired) electrons. The van der Waals surface area contributed by atoms with Crippen LogP contribution in [0.1, 0.15) is 17.5 Å². The maximum Gasteiger partial charge on any atom is 0.0583 e. The van der Waals surface area contributed by atoms with Crippen molar-refractivity contribution in [3.63, 3.8) is 0 Å². The molecule has 0 spiro atoms. The van der Waals surface area contributed by atoms with E-state index in [1.807, 2.05) is 36.4 Å². The lowest BCUT2D eigenvalue weighted by Gasteiger charge is -2.11. The molecule has 1 N–H and O–H groups in total. The van der Waals surface area contributed by atoms with Crippen LogP contribution in [0.3, 0.4) is 0 Å². The summed E-state index contributed by atoms with van der Waals surface area (Å²) in [4.78, 5) is 0. The van der Waals surface area contributed by atoms with Gasteiger partial charge in [-0.05, 0) is 36.5 Å². The molecule has 0 heterocycles. The van der Waals surface area contributed by atoms with Crippen molar-refractivity contribution in [3.05, 3.63) is 70.2 Å². The SMILES string of the molecule is OC(CCc1ccccc1Br)Cc1ccccc1. The number of aliphatic hydroxyl groups is 1. The number of hydrogen-bond acceptors (Lipinski definition) is 1. The second-order valence-electron chi connectivity index (χ2n) is 4.47. The van der Waals surface area contributed by atoms with Crippen molar-refractivity contribution < 1.29 is 5.11 Å². The molecule has 18 heavy (non-hydrogen) atoms. The van der Waals surface area contributed by atoms with Crippen molar-refractivity contribution in [3.8, 4) is 0 Å². The fourth-order valence-electron chi connectivity index (χ4n) is 2.01. The van der Waals surface area contributed by atoms with E-state index in [1.165, 1.54) is 11.1 Å². The highest BCUT2D eigenvalue weighted by Gasteiger charge is 2.07. The van der Waals surface area contributed by atoms with E-state index in [-0.39, 0.29) is 6.10 Å². The quantitative estimate of drug-likeness (QED) is 0.885. The Hall–Kier alpha value is -1.12. The zero-order valence-corrected chi connectivity index (χ0v) is 11.8. The smallest absolute Gasteiger partial charge is 0.0583 e. The minimum Gasteiger partial charge on any atom is -0.393 e. The summed E-state index contributed by atoms with van der Waals surface area (Å²) in [6, 6.07) is 18.3. The van der Waals surface area contributed by atoms with Crippen LogP contribution in [0, 0.1) is 0 Å². The van der Waals surface area contributed by atoms with Gasteiger partial charge >= 0.3 is 0 Å². The molecule has 0 aromatic heterocycles. The summed E-state index contributed by atoms with van der Waals surface area (Å²) in [6.45, 7) is 0. The average Bonchev–Trinajstić information content (AvgIpc) is 2.39. The minimum atomic E-state index is -0.278. The predicted molar refractivity (Wildman–Crippen MR) is 78.6 cm³/mol. The van der Waals surface area contributed by atoms with Crippen molar-refractivity contribution >= 4 is 15.9 Å². The van der Waals surface area contributed by atoms with Gasteiger partial charge in [0.15, 0.2) is 0 Å². The van der Waals surface area contributed by atoms with E-state index in [9.17, 15) is 5.11 Å². The van der Waals surface area contributed by atoms with Crippen LogP contribution in [0.25, 0.3) is 0 Å². The third-order valence-electron chi connectivity index (χ3n) is 3.02. The fraction of sp³-hybridized carbons (Fsp3) is 0.250. The summed E-state index contributed by atoms with van der Waals surface area (Å²) in [7, 11) is 0. The molecule has 0 saturated heterocycles. The Kier molecular flexibility index (Phi) is 4.97. The predicted octanol–water partition coefficient (Wildman–Crippen LogP) is 3.99. The van der Waals surface area contributed by atoms with Crippen LogP contribution in [0.15, 0.2) is 59.1 Å². The van der Waals surface area contributed by atoms with E-state index in [1.54, 1.807) is 0 Å². The number of rotatable bonds is 5. The van der Waals surface area contributed by atoms with Gasteiger partial charge in [0.05, 0.1) is 6.10 Å². The molecule has 0 fully saturated rings. The molecule has 1 unspecified atom stereocenters. The zero-order valence-electron chi connectivity index (χ0n) is 10.2. The summed E-state index contributed by atoms with van der Waals surface area (Å²) < 4.78 is 1.12. The summed E-state index contributed by atoms with van der Waals surface area (Å²) in [6.07, 6.45) is 2.14. The lowest BCUT2D eigenvalue weighted by Crippen LogP contribution is -2.11. The van der Waals surface area contributed by atoms with Gasteiger partial charge in [0.2, 0.25) is 0 Å². The van der Waals surface area contributed by atoms with Gasteiger partial charge in [-0.1, -0.05) is 64.5 Å². The highest BCUT2D eigenvalue weighted by Crippen LogP contribution is 2.18. The van der Waals surface area contributed by atoms with Crippen LogP contribution in [0.4, 0.5) is 0 Å². The first kappa shape index (κ1) is 13.3. The Morgan fingerprint density at radius 2 is 1.61 bits per heavy atom. The van der Waals surface area contributed by atoms with Gasteiger partial charge in [-0.2, -0.15) is 0 Å². The van der Waals surface area contributed by atoms with Crippen molar-refractivity contribution in [1.82, 2.24) is 0 Å². The number of aliphatic hydroxyl groups excluding tert-OH is 1. The molecule has 0 aliphatic rings. The molecule has 0 amide bonds. The standard InChI is InChI=1S/C16H17BrO/c17-16-9-5-4-8-14(16)10-11-15(18)12-13-6-2-1-3-7-13/h1-9,15,18H,10-12H2. The molecule has 2 heteroatoms. The molecule has 1 nitrogen and oxygen atoms in total. The number of aryl methyl sites for hydroxylation is 1. The summed E-state index contributed by atoms with van der Waals surface area (Å²) in [5.74, 6) is 0. The second kappa shape index (κ2) is 6.72. The molecule has 94 valence electrons. The van der Waals surface area contributed by atoms with E-state index in [0.29, 0.717) is 0 Å². The molecule has 2 aromatic carbocycles. The average molecular weight is 305 g/mol. The molecule has 0 saturated carbocycles. The molecule has 2 aromatic rings. The van der Waals surface area contributed by atoms with E-state index >= 15 is 0 Å². The lowest BCUT2D eigenvalue weighted by molar-refractivity contribution is 0.165. The molecule has 0 aliphatic heterocycles. The maximum atomic E-state index is 10.0. The normalized spacial score (nSPS) is 12.3. The fourth-order valence-corrected chi connectivity index (χ4v) is 2.49. The first-order chi connectivity index (χ1) is 8.75. The van der Waals surface area contributed by atoms with Crippen LogP contribution in [0.5, 0.6) is 0 Å². The topological polar surface area (TPSA) is 20.2 Å². The molecule has 0 aliphatic carbocycles. The molecule has 1 atom stereocenters. The minimum absolute atomic E-state index is 0.278. The second-order valence-corrected chi connectivity index (χ2v) is 5.33. The van der Waals surface area contributed by atoms with Crippen LogP contribution < -0.4 is 0 Å². The maximum absolute atomic E-state index is 10.0. The van der Waals surface area contributed by atoms with E-state index < -0.39 is 0 Å². The van der Waals surface area contributed by atoms with Gasteiger partial charge in [0.1, 0.15) is 0 Å². The Morgan fingerprint density at radius 3 is 2.33 bits per heavy atom. The largest absolute Gasteiger partial charge is 0.393 e. The van der Waals surface area contributed by atoms with Gasteiger partial charge in [0, 0.05) is 4.47 Å². The van der Waals surface area contributed by atoms with E-state index in [2.05, 4.69) is 34.1 Å². The number of benzene rings is 2. The Balaban J connectivity index is 1.86. The van der Waals surface area contributed by atoms with Gasteiger partial charge in [-0.15, -0.1) is 0 Å². The van der Waals surface area contributed by atoms with E-state index in [0.717, 1.165) is 23.7 Å². The summed E-state index contributed by atoms with van der Waals surface area (Å²) in [5.41, 5.74) is 2.45. The van der Waals surface area contributed by atoms with Gasteiger partial charge in [-0.3, -0.25) is 0 Å². The van der Waals surface area contributed by atoms with Crippen LogP contribution in [-0.2, 0) is 12.8 Å². The Morgan fingerprint density at radius 1 is 0.944 bits per heavy atom. The first-order valence-electron chi connectivity index (χ1n) is 6.21.